The number of nitrogens with zero attached hydrogens (tertiary/aromatic N) is 1. The van der Waals surface area contributed by atoms with Crippen LogP contribution in [0.3, 0.4) is 0 Å². The maximum absolute atomic E-state index is 12.6. The van der Waals surface area contributed by atoms with Crippen LogP contribution in [0, 0.1) is 0 Å². The van der Waals surface area contributed by atoms with Gasteiger partial charge in [-0.3, -0.25) is 0 Å². The smallest absolute Gasteiger partial charge is 0.409 e. The van der Waals surface area contributed by atoms with E-state index < -0.39 is 11.7 Å². The lowest BCUT2D eigenvalue weighted by Gasteiger charge is -2.43. The van der Waals surface area contributed by atoms with Crippen molar-refractivity contribution in [3.63, 3.8) is 0 Å². The summed E-state index contributed by atoms with van der Waals surface area (Å²) in [6.07, 6.45) is 4.43. The summed E-state index contributed by atoms with van der Waals surface area (Å²) < 4.78 is 11.5. The number of hydrogen-bond acceptors (Lipinski definition) is 4. The Morgan fingerprint density at radius 2 is 2.12 bits per heavy atom. The van der Waals surface area contributed by atoms with E-state index in [9.17, 15) is 9.90 Å². The Labute approximate surface area is 208 Å². The van der Waals surface area contributed by atoms with Gasteiger partial charge < -0.3 is 19.5 Å². The Morgan fingerprint density at radius 3 is 2.85 bits per heavy atom. The van der Waals surface area contributed by atoms with Gasteiger partial charge in [0.1, 0.15) is 11.7 Å². The van der Waals surface area contributed by atoms with Gasteiger partial charge in [-0.2, -0.15) is 0 Å². The second-order valence-corrected chi connectivity index (χ2v) is 9.15. The van der Waals surface area contributed by atoms with Gasteiger partial charge in [-0.15, -0.1) is 6.58 Å². The number of morpholine rings is 1. The molecule has 3 rings (SSSR count). The molecule has 0 spiro atoms. The average molecular weight is 486 g/mol. The van der Waals surface area contributed by atoms with E-state index >= 15 is 0 Å². The molecule has 2 aromatic carbocycles. The minimum Gasteiger partial charge on any atom is -0.449 e. The number of ether oxygens (including phenoxy) is 2. The minimum absolute atomic E-state index is 0.236. The van der Waals surface area contributed by atoms with Gasteiger partial charge in [-0.25, -0.2) is 4.79 Å². The lowest BCUT2D eigenvalue weighted by atomic mass is 9.79. The highest BCUT2D eigenvalue weighted by Crippen LogP contribution is 2.43. The third-order valence-electron chi connectivity index (χ3n) is 6.41. The molecule has 1 unspecified atom stereocenters. The number of allylic oxidation sites excluding steroid dienone is 1. The van der Waals surface area contributed by atoms with E-state index in [-0.39, 0.29) is 12.6 Å². The predicted molar refractivity (Wildman–Crippen MR) is 137 cm³/mol. The summed E-state index contributed by atoms with van der Waals surface area (Å²) in [6, 6.07) is 13.8. The van der Waals surface area contributed by atoms with E-state index in [0.717, 1.165) is 30.4 Å². The maximum atomic E-state index is 12.6. The van der Waals surface area contributed by atoms with Gasteiger partial charge >= 0.3 is 6.09 Å². The summed E-state index contributed by atoms with van der Waals surface area (Å²) in [5.74, 6) is 0. The zero-order valence-corrected chi connectivity index (χ0v) is 21.0. The standard InChI is InChI=1S/C28H36ClNO4/c1-4-7-15-28(32,25-20-30(16-18-33-25)27(31)34-17-8-5-2)23-13-10-14-24(29)26(23)22-12-9-11-21(6-3)19-22/h4,9-14,19,25,32H,1,5-8,15-18,20H2,2-3H3/t25?,28-/m0/s1. The van der Waals surface area contributed by atoms with Crippen molar-refractivity contribution in [1.82, 2.24) is 4.90 Å². The van der Waals surface area contributed by atoms with Crippen molar-refractivity contribution >= 4 is 17.7 Å². The van der Waals surface area contributed by atoms with Crippen molar-refractivity contribution < 1.29 is 19.4 Å². The Bertz CT molecular complexity index is 979. The Hall–Kier alpha value is -2.34. The molecule has 0 saturated carbocycles. The summed E-state index contributed by atoms with van der Waals surface area (Å²) in [7, 11) is 0. The number of benzene rings is 2. The van der Waals surface area contributed by atoms with Crippen LogP contribution in [0.15, 0.2) is 55.1 Å². The lowest BCUT2D eigenvalue weighted by molar-refractivity contribution is -0.147. The lowest BCUT2D eigenvalue weighted by Crippen LogP contribution is -2.54. The highest BCUT2D eigenvalue weighted by molar-refractivity contribution is 6.33. The molecule has 5 nitrogen and oxygen atoms in total. The number of carbonyl (C=O) groups is 1. The van der Waals surface area contributed by atoms with Crippen LogP contribution in [0.4, 0.5) is 4.79 Å². The van der Waals surface area contributed by atoms with Crippen LogP contribution < -0.4 is 0 Å². The molecule has 6 heteroatoms. The minimum atomic E-state index is -1.38. The molecule has 0 bridgehead atoms. The Kier molecular flexibility index (Phi) is 9.57. The quantitative estimate of drug-likeness (QED) is 0.314. The molecule has 2 aromatic rings. The van der Waals surface area contributed by atoms with Gasteiger partial charge in [0.05, 0.1) is 19.8 Å². The monoisotopic (exact) mass is 485 g/mol. The van der Waals surface area contributed by atoms with Gasteiger partial charge in [0.15, 0.2) is 0 Å². The zero-order valence-electron chi connectivity index (χ0n) is 20.3. The molecule has 1 aliphatic rings. The molecule has 0 radical (unpaired) electrons. The second-order valence-electron chi connectivity index (χ2n) is 8.74. The molecule has 2 atom stereocenters. The fraction of sp³-hybridized carbons (Fsp3) is 0.464. The van der Waals surface area contributed by atoms with E-state index in [4.69, 9.17) is 21.1 Å². The predicted octanol–water partition coefficient (Wildman–Crippen LogP) is 6.36. The van der Waals surface area contributed by atoms with Crippen molar-refractivity contribution in [2.24, 2.45) is 0 Å². The summed E-state index contributed by atoms with van der Waals surface area (Å²) in [5.41, 5.74) is 2.24. The van der Waals surface area contributed by atoms with Crippen LogP contribution in [-0.4, -0.2) is 48.5 Å². The Morgan fingerprint density at radius 1 is 1.32 bits per heavy atom. The first kappa shape index (κ1) is 26.3. The molecular weight excluding hydrogens is 450 g/mol. The molecule has 1 N–H and O–H groups in total. The van der Waals surface area contributed by atoms with E-state index in [1.54, 1.807) is 11.0 Å². The summed E-state index contributed by atoms with van der Waals surface area (Å²) in [6.45, 7) is 9.39. The fourth-order valence-corrected chi connectivity index (χ4v) is 4.70. The van der Waals surface area contributed by atoms with E-state index in [1.807, 2.05) is 30.3 Å². The number of rotatable bonds is 10. The topological polar surface area (TPSA) is 59.0 Å². The Balaban J connectivity index is 2.00. The van der Waals surface area contributed by atoms with Crippen LogP contribution in [0.2, 0.25) is 5.02 Å². The number of hydrogen-bond donors (Lipinski definition) is 1. The number of halogens is 1. The SMILES string of the molecule is C=CCC[C@](O)(c1cccc(Cl)c1-c1cccc(CC)c1)C1CN(C(=O)OCCCC)CCO1. The van der Waals surface area contributed by atoms with Gasteiger partial charge in [-0.05, 0) is 48.4 Å². The highest BCUT2D eigenvalue weighted by Gasteiger charge is 2.44. The van der Waals surface area contributed by atoms with Gasteiger partial charge in [0.25, 0.3) is 0 Å². The molecule has 1 fully saturated rings. The van der Waals surface area contributed by atoms with E-state index in [0.29, 0.717) is 43.2 Å². The summed E-state index contributed by atoms with van der Waals surface area (Å²) >= 11 is 6.73. The average Bonchev–Trinajstić information content (AvgIpc) is 2.87. The first-order valence-corrected chi connectivity index (χ1v) is 12.6. The normalized spacial score (nSPS) is 17.8. The highest BCUT2D eigenvalue weighted by atomic mass is 35.5. The molecule has 184 valence electrons. The van der Waals surface area contributed by atoms with Crippen molar-refractivity contribution in [1.29, 1.82) is 0 Å². The number of unbranched alkanes of at least 4 members (excludes halogenated alkanes) is 1. The molecule has 1 saturated heterocycles. The first-order valence-electron chi connectivity index (χ1n) is 12.2. The number of aryl methyl sites for hydroxylation is 1. The second kappa shape index (κ2) is 12.4. The largest absolute Gasteiger partial charge is 0.449 e. The molecule has 34 heavy (non-hydrogen) atoms. The van der Waals surface area contributed by atoms with E-state index in [1.165, 1.54) is 5.56 Å². The van der Waals surface area contributed by atoms with Crippen LogP contribution in [0.25, 0.3) is 11.1 Å². The van der Waals surface area contributed by atoms with Gasteiger partial charge in [-0.1, -0.05) is 74.3 Å². The van der Waals surface area contributed by atoms with Crippen LogP contribution in [0.1, 0.15) is 50.7 Å². The number of carbonyl (C=O) groups excluding carboxylic acids is 1. The molecule has 1 amide bonds. The summed E-state index contributed by atoms with van der Waals surface area (Å²) in [4.78, 5) is 14.3. The molecule has 1 heterocycles. The fourth-order valence-electron chi connectivity index (χ4n) is 4.42. The molecule has 1 aliphatic heterocycles. The summed E-state index contributed by atoms with van der Waals surface area (Å²) in [5, 5.41) is 12.8. The van der Waals surface area contributed by atoms with Crippen LogP contribution in [0.5, 0.6) is 0 Å². The third-order valence-corrected chi connectivity index (χ3v) is 6.73. The zero-order chi connectivity index (χ0) is 24.6. The first-order chi connectivity index (χ1) is 16.4. The van der Waals surface area contributed by atoms with Gasteiger partial charge in [0.2, 0.25) is 0 Å². The maximum Gasteiger partial charge on any atom is 0.409 e. The third kappa shape index (κ3) is 6.01. The van der Waals surface area contributed by atoms with Crippen LogP contribution >= 0.6 is 11.6 Å². The van der Waals surface area contributed by atoms with Gasteiger partial charge in [0, 0.05) is 17.1 Å². The van der Waals surface area contributed by atoms with Crippen molar-refractivity contribution in [2.75, 3.05) is 26.3 Å². The van der Waals surface area contributed by atoms with E-state index in [2.05, 4.69) is 32.6 Å². The van der Waals surface area contributed by atoms with Crippen molar-refractivity contribution in [3.05, 3.63) is 71.3 Å². The number of amides is 1. The van der Waals surface area contributed by atoms with Crippen molar-refractivity contribution in [3.8, 4) is 11.1 Å². The van der Waals surface area contributed by atoms with Crippen molar-refractivity contribution in [2.45, 2.75) is 57.7 Å². The number of aliphatic hydroxyl groups is 1. The molecule has 0 aromatic heterocycles. The molecule has 0 aliphatic carbocycles. The van der Waals surface area contributed by atoms with Crippen LogP contribution in [-0.2, 0) is 21.5 Å². The molecular formula is C28H36ClNO4.